The molecule has 2 N–H and O–H groups in total. The molecule has 1 aromatic rings. The van der Waals surface area contributed by atoms with Crippen molar-refractivity contribution in [3.8, 4) is 0 Å². The fourth-order valence-corrected chi connectivity index (χ4v) is 1.66. The highest BCUT2D eigenvalue weighted by atomic mass is 16.5. The molecule has 1 fully saturated rings. The molecule has 1 saturated carbocycles. The largest absolute Gasteiger partial charge is 0.381 e. The Kier molecular flexibility index (Phi) is 4.75. The Morgan fingerprint density at radius 3 is 3.00 bits per heavy atom. The van der Waals surface area contributed by atoms with E-state index in [2.05, 4.69) is 20.6 Å². The maximum absolute atomic E-state index is 5.59. The quantitative estimate of drug-likeness (QED) is 0.692. The van der Waals surface area contributed by atoms with E-state index in [4.69, 9.17) is 4.74 Å². The van der Waals surface area contributed by atoms with Gasteiger partial charge in [0.1, 0.15) is 5.82 Å². The van der Waals surface area contributed by atoms with Crippen LogP contribution in [0, 0.1) is 12.8 Å². The second kappa shape index (κ2) is 6.54. The number of hydrogen-bond acceptors (Lipinski definition) is 5. The molecule has 1 heterocycles. The van der Waals surface area contributed by atoms with E-state index in [0.717, 1.165) is 43.5 Å². The van der Waals surface area contributed by atoms with E-state index in [1.54, 1.807) is 0 Å². The SMILES string of the molecule is CNc1ncc(C)c(NCCCOCC2CC2)n1. The molecule has 18 heavy (non-hydrogen) atoms. The van der Waals surface area contributed by atoms with Gasteiger partial charge in [0.05, 0.1) is 0 Å². The van der Waals surface area contributed by atoms with E-state index >= 15 is 0 Å². The van der Waals surface area contributed by atoms with Crippen molar-refractivity contribution in [1.82, 2.24) is 9.97 Å². The average Bonchev–Trinajstić information content (AvgIpc) is 3.19. The van der Waals surface area contributed by atoms with Crippen LogP contribution in [-0.2, 0) is 4.74 Å². The normalized spacial score (nSPS) is 14.6. The molecule has 5 heteroatoms. The van der Waals surface area contributed by atoms with Crippen molar-refractivity contribution in [2.24, 2.45) is 5.92 Å². The van der Waals surface area contributed by atoms with Crippen molar-refractivity contribution in [1.29, 1.82) is 0 Å². The van der Waals surface area contributed by atoms with Gasteiger partial charge in [-0.3, -0.25) is 0 Å². The Hall–Kier alpha value is -1.36. The molecule has 1 aliphatic carbocycles. The molecular formula is C13H22N4O. The number of hydrogen-bond donors (Lipinski definition) is 2. The average molecular weight is 250 g/mol. The van der Waals surface area contributed by atoms with Crippen LogP contribution in [0.15, 0.2) is 6.20 Å². The van der Waals surface area contributed by atoms with Crippen LogP contribution in [0.3, 0.4) is 0 Å². The van der Waals surface area contributed by atoms with Crippen LogP contribution in [-0.4, -0.2) is 36.8 Å². The number of rotatable bonds is 8. The Bertz CT molecular complexity index is 379. The lowest BCUT2D eigenvalue weighted by Crippen LogP contribution is -2.10. The van der Waals surface area contributed by atoms with Crippen LogP contribution >= 0.6 is 0 Å². The summed E-state index contributed by atoms with van der Waals surface area (Å²) in [5, 5.41) is 6.26. The summed E-state index contributed by atoms with van der Waals surface area (Å²) in [5.74, 6) is 2.39. The van der Waals surface area contributed by atoms with Gasteiger partial charge in [0, 0.05) is 38.6 Å². The first-order valence-corrected chi connectivity index (χ1v) is 6.62. The summed E-state index contributed by atoms with van der Waals surface area (Å²) >= 11 is 0. The fourth-order valence-electron chi connectivity index (χ4n) is 1.66. The van der Waals surface area contributed by atoms with Crippen molar-refractivity contribution in [2.45, 2.75) is 26.2 Å². The predicted molar refractivity (Wildman–Crippen MR) is 73.0 cm³/mol. The summed E-state index contributed by atoms with van der Waals surface area (Å²) in [6.45, 7) is 4.65. The van der Waals surface area contributed by atoms with Crippen molar-refractivity contribution in [3.05, 3.63) is 11.8 Å². The highest BCUT2D eigenvalue weighted by Gasteiger charge is 2.20. The third-order valence-corrected chi connectivity index (χ3v) is 3.00. The number of nitrogens with one attached hydrogen (secondary N) is 2. The molecule has 0 atom stereocenters. The van der Waals surface area contributed by atoms with E-state index < -0.39 is 0 Å². The number of anilines is 2. The number of ether oxygens (including phenoxy) is 1. The molecule has 0 spiro atoms. The van der Waals surface area contributed by atoms with Crippen molar-refractivity contribution < 1.29 is 4.74 Å². The Morgan fingerprint density at radius 1 is 1.44 bits per heavy atom. The van der Waals surface area contributed by atoms with E-state index in [1.807, 2.05) is 20.2 Å². The lowest BCUT2D eigenvalue weighted by molar-refractivity contribution is 0.124. The Labute approximate surface area is 108 Å². The molecule has 0 radical (unpaired) electrons. The highest BCUT2D eigenvalue weighted by Crippen LogP contribution is 2.28. The standard InChI is InChI=1S/C13H22N4O/c1-10-8-16-13(14-2)17-12(10)15-6-3-7-18-9-11-4-5-11/h8,11H,3-7,9H2,1-2H3,(H2,14,15,16,17). The molecule has 0 saturated heterocycles. The fraction of sp³-hybridized carbons (Fsp3) is 0.692. The molecule has 100 valence electrons. The minimum Gasteiger partial charge on any atom is -0.381 e. The van der Waals surface area contributed by atoms with Gasteiger partial charge in [0.25, 0.3) is 0 Å². The first-order valence-electron chi connectivity index (χ1n) is 6.62. The van der Waals surface area contributed by atoms with E-state index in [9.17, 15) is 0 Å². The molecule has 0 unspecified atom stereocenters. The molecule has 0 aliphatic heterocycles. The molecule has 0 amide bonds. The third kappa shape index (κ3) is 4.14. The maximum Gasteiger partial charge on any atom is 0.224 e. The van der Waals surface area contributed by atoms with Gasteiger partial charge in [0.2, 0.25) is 5.95 Å². The summed E-state index contributed by atoms with van der Waals surface area (Å²) in [6.07, 6.45) is 5.53. The van der Waals surface area contributed by atoms with Gasteiger partial charge >= 0.3 is 0 Å². The molecule has 1 aromatic heterocycles. The van der Waals surface area contributed by atoms with Crippen LogP contribution in [0.1, 0.15) is 24.8 Å². The smallest absolute Gasteiger partial charge is 0.224 e. The monoisotopic (exact) mass is 250 g/mol. The van der Waals surface area contributed by atoms with Crippen LogP contribution in [0.4, 0.5) is 11.8 Å². The van der Waals surface area contributed by atoms with Gasteiger partial charge in [-0.25, -0.2) is 4.98 Å². The van der Waals surface area contributed by atoms with Crippen molar-refractivity contribution in [3.63, 3.8) is 0 Å². The van der Waals surface area contributed by atoms with Crippen LogP contribution < -0.4 is 10.6 Å². The van der Waals surface area contributed by atoms with Gasteiger partial charge < -0.3 is 15.4 Å². The lowest BCUT2D eigenvalue weighted by Gasteiger charge is -2.09. The summed E-state index contributed by atoms with van der Waals surface area (Å²) < 4.78 is 5.59. The van der Waals surface area contributed by atoms with Gasteiger partial charge in [-0.05, 0) is 32.1 Å². The molecule has 5 nitrogen and oxygen atoms in total. The number of aryl methyl sites for hydroxylation is 1. The first-order chi connectivity index (χ1) is 8.79. The summed E-state index contributed by atoms with van der Waals surface area (Å²) in [4.78, 5) is 8.53. The van der Waals surface area contributed by atoms with E-state index in [-0.39, 0.29) is 0 Å². The third-order valence-electron chi connectivity index (χ3n) is 3.00. The minimum atomic E-state index is 0.646. The zero-order valence-electron chi connectivity index (χ0n) is 11.2. The lowest BCUT2D eigenvalue weighted by atomic mass is 10.3. The van der Waals surface area contributed by atoms with Crippen molar-refractivity contribution >= 4 is 11.8 Å². The topological polar surface area (TPSA) is 59.1 Å². The van der Waals surface area contributed by atoms with E-state index in [0.29, 0.717) is 5.95 Å². The number of nitrogens with zero attached hydrogens (tertiary/aromatic N) is 2. The maximum atomic E-state index is 5.59. The Morgan fingerprint density at radius 2 is 2.28 bits per heavy atom. The van der Waals surface area contributed by atoms with Crippen LogP contribution in [0.2, 0.25) is 0 Å². The van der Waals surface area contributed by atoms with Gasteiger partial charge in [-0.2, -0.15) is 4.98 Å². The second-order valence-corrected chi connectivity index (χ2v) is 4.77. The minimum absolute atomic E-state index is 0.646. The summed E-state index contributed by atoms with van der Waals surface area (Å²) in [7, 11) is 1.82. The second-order valence-electron chi connectivity index (χ2n) is 4.77. The van der Waals surface area contributed by atoms with Gasteiger partial charge in [-0.1, -0.05) is 0 Å². The van der Waals surface area contributed by atoms with Gasteiger partial charge in [0.15, 0.2) is 0 Å². The highest BCUT2D eigenvalue weighted by molar-refractivity contribution is 5.46. The van der Waals surface area contributed by atoms with Gasteiger partial charge in [-0.15, -0.1) is 0 Å². The molecule has 1 aliphatic rings. The Balaban J connectivity index is 1.65. The zero-order valence-corrected chi connectivity index (χ0v) is 11.2. The molecule has 0 bridgehead atoms. The summed E-state index contributed by atoms with van der Waals surface area (Å²) in [6, 6.07) is 0. The first kappa shape index (κ1) is 13.1. The van der Waals surface area contributed by atoms with E-state index in [1.165, 1.54) is 12.8 Å². The molecular weight excluding hydrogens is 228 g/mol. The predicted octanol–water partition coefficient (Wildman–Crippen LogP) is 2.06. The molecule has 0 aromatic carbocycles. The van der Waals surface area contributed by atoms with Crippen LogP contribution in [0.5, 0.6) is 0 Å². The number of aromatic nitrogens is 2. The van der Waals surface area contributed by atoms with Crippen molar-refractivity contribution in [2.75, 3.05) is 37.4 Å². The summed E-state index contributed by atoms with van der Waals surface area (Å²) in [5.41, 5.74) is 1.06. The molecule has 2 rings (SSSR count). The zero-order chi connectivity index (χ0) is 12.8. The van der Waals surface area contributed by atoms with Crippen LogP contribution in [0.25, 0.3) is 0 Å².